The summed E-state index contributed by atoms with van der Waals surface area (Å²) in [5.41, 5.74) is 2.19. The van der Waals surface area contributed by atoms with Gasteiger partial charge in [0.05, 0.1) is 41.5 Å². The average Bonchev–Trinajstić information content (AvgIpc) is 3.19. The quantitative estimate of drug-likeness (QED) is 0.415. The Balaban J connectivity index is 1.57. The summed E-state index contributed by atoms with van der Waals surface area (Å²) in [5, 5.41) is 13.3. The number of pyridine rings is 2. The van der Waals surface area contributed by atoms with Crippen LogP contribution in [0, 0.1) is 0 Å². The molecule has 2 N–H and O–H groups in total. The zero-order valence-corrected chi connectivity index (χ0v) is 17.8. The third-order valence-electron chi connectivity index (χ3n) is 4.89. The molecular weight excluding hydrogens is 432 g/mol. The van der Waals surface area contributed by atoms with Gasteiger partial charge in [-0.25, -0.2) is 9.97 Å². The van der Waals surface area contributed by atoms with Crippen molar-refractivity contribution in [3.05, 3.63) is 77.4 Å². The van der Waals surface area contributed by atoms with E-state index in [-0.39, 0.29) is 30.8 Å². The lowest BCUT2D eigenvalue weighted by Gasteiger charge is -2.10. The summed E-state index contributed by atoms with van der Waals surface area (Å²) < 4.78 is 1.74. The first-order valence-corrected chi connectivity index (χ1v) is 10.2. The first-order chi connectivity index (χ1) is 15.5. The Labute approximate surface area is 188 Å². The first kappa shape index (κ1) is 21.5. The van der Waals surface area contributed by atoms with E-state index in [1.54, 1.807) is 35.2 Å². The molecule has 9 nitrogen and oxygen atoms in total. The summed E-state index contributed by atoms with van der Waals surface area (Å²) in [6.45, 7) is 1.72. The molecule has 0 aromatic carbocycles. The van der Waals surface area contributed by atoms with Crippen LogP contribution < -0.4 is 5.32 Å². The van der Waals surface area contributed by atoms with Gasteiger partial charge in [0.1, 0.15) is 12.0 Å². The fourth-order valence-corrected chi connectivity index (χ4v) is 3.37. The predicted octanol–water partition coefficient (Wildman–Crippen LogP) is 2.84. The zero-order valence-electron chi connectivity index (χ0n) is 17.1. The second-order valence-electron chi connectivity index (χ2n) is 7.23. The molecule has 4 heterocycles. The standard InChI is InChI=1S/C22H19ClN6O3/c1-13(11-30)29-10-19(18-9-25-12-27-22(18)29)21(32)14-4-17(8-24-6-14)28-20(31)5-16-3-2-15(23)7-26-16/h2-4,6-10,12-13,30H,5,11H2,1H3,(H,28,31)/t13-/m0/s1. The molecule has 0 saturated carbocycles. The van der Waals surface area contributed by atoms with E-state index in [1.807, 2.05) is 6.92 Å². The molecule has 0 spiro atoms. The summed E-state index contributed by atoms with van der Waals surface area (Å²) >= 11 is 5.81. The molecule has 162 valence electrons. The molecule has 4 aromatic heterocycles. The smallest absolute Gasteiger partial charge is 0.230 e. The Hall–Kier alpha value is -3.69. The van der Waals surface area contributed by atoms with Gasteiger partial charge in [-0.05, 0) is 25.1 Å². The van der Waals surface area contributed by atoms with E-state index in [4.69, 9.17) is 11.6 Å². The fourth-order valence-electron chi connectivity index (χ4n) is 3.26. The summed E-state index contributed by atoms with van der Waals surface area (Å²) in [7, 11) is 0. The van der Waals surface area contributed by atoms with Crippen LogP contribution in [0.15, 0.2) is 55.5 Å². The van der Waals surface area contributed by atoms with E-state index in [2.05, 4.69) is 25.3 Å². The number of amides is 1. The SMILES string of the molecule is C[C@@H](CO)n1cc(C(=O)c2cncc(NC(=O)Cc3ccc(Cl)cn3)c2)c2cncnc21. The number of nitrogens with zero attached hydrogens (tertiary/aromatic N) is 5. The molecule has 0 unspecified atom stereocenters. The minimum Gasteiger partial charge on any atom is -0.394 e. The second-order valence-corrected chi connectivity index (χ2v) is 7.66. The van der Waals surface area contributed by atoms with Gasteiger partial charge in [0.15, 0.2) is 5.78 Å². The molecule has 0 aliphatic carbocycles. The van der Waals surface area contributed by atoms with Crippen molar-refractivity contribution in [2.24, 2.45) is 0 Å². The number of aromatic nitrogens is 5. The van der Waals surface area contributed by atoms with Crippen LogP contribution in [0.1, 0.15) is 34.6 Å². The molecule has 4 rings (SSSR count). The van der Waals surface area contributed by atoms with Crippen LogP contribution in [0.4, 0.5) is 5.69 Å². The van der Waals surface area contributed by atoms with Crippen molar-refractivity contribution in [3.8, 4) is 0 Å². The maximum absolute atomic E-state index is 13.2. The number of fused-ring (bicyclic) bond motifs is 1. The van der Waals surface area contributed by atoms with Crippen molar-refractivity contribution in [1.82, 2.24) is 24.5 Å². The number of ketones is 1. The highest BCUT2D eigenvalue weighted by Gasteiger charge is 2.20. The van der Waals surface area contributed by atoms with Gasteiger partial charge in [0.2, 0.25) is 5.91 Å². The van der Waals surface area contributed by atoms with E-state index in [1.165, 1.54) is 24.9 Å². The summed E-state index contributed by atoms with van der Waals surface area (Å²) in [6, 6.07) is 4.63. The van der Waals surface area contributed by atoms with Crippen LogP contribution in [0.2, 0.25) is 5.02 Å². The highest BCUT2D eigenvalue weighted by Crippen LogP contribution is 2.25. The predicted molar refractivity (Wildman–Crippen MR) is 119 cm³/mol. The Morgan fingerprint density at radius 2 is 2.00 bits per heavy atom. The molecule has 10 heteroatoms. The van der Waals surface area contributed by atoms with Gasteiger partial charge in [0, 0.05) is 41.4 Å². The van der Waals surface area contributed by atoms with E-state index in [0.717, 1.165) is 0 Å². The number of aliphatic hydroxyl groups is 1. The summed E-state index contributed by atoms with van der Waals surface area (Å²) in [5.74, 6) is -0.593. The van der Waals surface area contributed by atoms with Crippen LogP contribution in [0.5, 0.6) is 0 Å². The number of anilines is 1. The highest BCUT2D eigenvalue weighted by atomic mass is 35.5. The maximum atomic E-state index is 13.2. The minimum absolute atomic E-state index is 0.0548. The number of halogens is 1. The summed E-state index contributed by atoms with van der Waals surface area (Å²) in [4.78, 5) is 42.1. The van der Waals surface area contributed by atoms with Crippen molar-refractivity contribution in [2.75, 3.05) is 11.9 Å². The first-order valence-electron chi connectivity index (χ1n) is 9.77. The number of carbonyl (C=O) groups excluding carboxylic acids is 2. The number of hydrogen-bond acceptors (Lipinski definition) is 7. The topological polar surface area (TPSA) is 123 Å². The minimum atomic E-state index is -0.298. The Bertz CT molecular complexity index is 1290. The molecule has 0 radical (unpaired) electrons. The van der Waals surface area contributed by atoms with E-state index >= 15 is 0 Å². The fraction of sp³-hybridized carbons (Fsp3) is 0.182. The normalized spacial score (nSPS) is 12.0. The largest absolute Gasteiger partial charge is 0.394 e. The molecular formula is C22H19ClN6O3. The van der Waals surface area contributed by atoms with Crippen LogP contribution in [-0.4, -0.2) is 47.9 Å². The van der Waals surface area contributed by atoms with Crippen LogP contribution >= 0.6 is 11.6 Å². The van der Waals surface area contributed by atoms with Gasteiger partial charge in [-0.15, -0.1) is 0 Å². The monoisotopic (exact) mass is 450 g/mol. The van der Waals surface area contributed by atoms with E-state index in [0.29, 0.717) is 38.6 Å². The van der Waals surface area contributed by atoms with Crippen LogP contribution in [0.25, 0.3) is 11.0 Å². The van der Waals surface area contributed by atoms with Crippen LogP contribution in [-0.2, 0) is 11.2 Å². The molecule has 1 atom stereocenters. The zero-order chi connectivity index (χ0) is 22.7. The average molecular weight is 451 g/mol. The number of hydrogen-bond donors (Lipinski definition) is 2. The van der Waals surface area contributed by atoms with Gasteiger partial charge in [-0.2, -0.15) is 0 Å². The Kier molecular flexibility index (Phi) is 6.20. The number of aliphatic hydroxyl groups excluding tert-OH is 1. The molecule has 0 aliphatic heterocycles. The lowest BCUT2D eigenvalue weighted by Crippen LogP contribution is -2.15. The van der Waals surface area contributed by atoms with Gasteiger partial charge >= 0.3 is 0 Å². The molecule has 0 fully saturated rings. The molecule has 0 aliphatic rings. The van der Waals surface area contributed by atoms with Gasteiger partial charge < -0.3 is 15.0 Å². The van der Waals surface area contributed by atoms with Crippen molar-refractivity contribution in [2.45, 2.75) is 19.4 Å². The molecule has 0 saturated heterocycles. The lowest BCUT2D eigenvalue weighted by molar-refractivity contribution is -0.115. The molecule has 1 amide bonds. The maximum Gasteiger partial charge on any atom is 0.230 e. The molecule has 32 heavy (non-hydrogen) atoms. The van der Waals surface area contributed by atoms with Gasteiger partial charge in [-0.3, -0.25) is 19.6 Å². The third kappa shape index (κ3) is 4.48. The van der Waals surface area contributed by atoms with Gasteiger partial charge in [-0.1, -0.05) is 11.6 Å². The van der Waals surface area contributed by atoms with E-state index < -0.39 is 0 Å². The van der Waals surface area contributed by atoms with Crippen LogP contribution in [0.3, 0.4) is 0 Å². The molecule has 0 bridgehead atoms. The Morgan fingerprint density at radius 3 is 2.75 bits per heavy atom. The summed E-state index contributed by atoms with van der Waals surface area (Å²) in [6.07, 6.45) is 9.03. The third-order valence-corrected chi connectivity index (χ3v) is 5.12. The van der Waals surface area contributed by atoms with Gasteiger partial charge in [0.25, 0.3) is 0 Å². The number of carbonyl (C=O) groups is 2. The van der Waals surface area contributed by atoms with Crippen molar-refractivity contribution >= 4 is 40.0 Å². The molecule has 4 aromatic rings. The highest BCUT2D eigenvalue weighted by molar-refractivity contribution is 6.30. The second kappa shape index (κ2) is 9.21. The number of nitrogens with one attached hydrogen (secondary N) is 1. The van der Waals surface area contributed by atoms with Crippen molar-refractivity contribution in [3.63, 3.8) is 0 Å². The van der Waals surface area contributed by atoms with E-state index in [9.17, 15) is 14.7 Å². The lowest BCUT2D eigenvalue weighted by atomic mass is 10.1. The van der Waals surface area contributed by atoms with Crippen molar-refractivity contribution < 1.29 is 14.7 Å². The Morgan fingerprint density at radius 1 is 1.16 bits per heavy atom. The number of rotatable bonds is 7. The van der Waals surface area contributed by atoms with Crippen molar-refractivity contribution in [1.29, 1.82) is 0 Å².